The zero-order valence-corrected chi connectivity index (χ0v) is 18.2. The number of nitrogens with zero attached hydrogens (tertiary/aromatic N) is 3. The van der Waals surface area contributed by atoms with E-state index in [4.69, 9.17) is 21.2 Å². The van der Waals surface area contributed by atoms with E-state index in [2.05, 4.69) is 4.98 Å². The highest BCUT2D eigenvalue weighted by molar-refractivity contribution is 6.30. The molecule has 0 unspecified atom stereocenters. The monoisotopic (exact) mass is 463 g/mol. The molecule has 3 heterocycles. The van der Waals surface area contributed by atoms with Gasteiger partial charge in [-0.2, -0.15) is 0 Å². The van der Waals surface area contributed by atoms with Gasteiger partial charge in [0.25, 0.3) is 5.91 Å². The second-order valence-corrected chi connectivity index (χ2v) is 8.12. The SMILES string of the molecule is CC(=O)Oc1ccc(N2C(=O)[C@H]3[C@@H](c4ccncc4)N(c4ccc(Cl)cc4)O[C@H]3C2=O)cc1. The first kappa shape index (κ1) is 21.1. The first-order chi connectivity index (χ1) is 15.9. The highest BCUT2D eigenvalue weighted by atomic mass is 35.5. The molecular weight excluding hydrogens is 446 g/mol. The Bertz CT molecular complexity index is 1220. The molecule has 33 heavy (non-hydrogen) atoms. The van der Waals surface area contributed by atoms with Gasteiger partial charge in [-0.15, -0.1) is 0 Å². The predicted molar refractivity (Wildman–Crippen MR) is 120 cm³/mol. The van der Waals surface area contributed by atoms with E-state index in [1.54, 1.807) is 66.0 Å². The number of anilines is 2. The number of benzene rings is 2. The normalized spacial score (nSPS) is 21.9. The van der Waals surface area contributed by atoms with Crippen molar-refractivity contribution in [3.63, 3.8) is 0 Å². The Kier molecular flexibility index (Phi) is 5.32. The van der Waals surface area contributed by atoms with Crippen LogP contribution in [0.2, 0.25) is 5.02 Å². The van der Waals surface area contributed by atoms with Gasteiger partial charge in [-0.25, -0.2) is 9.96 Å². The van der Waals surface area contributed by atoms with E-state index in [-0.39, 0.29) is 5.91 Å². The van der Waals surface area contributed by atoms with Crippen LogP contribution < -0.4 is 14.7 Å². The summed E-state index contributed by atoms with van der Waals surface area (Å²) in [6, 6.07) is 16.2. The lowest BCUT2D eigenvalue weighted by molar-refractivity contribution is -0.132. The minimum absolute atomic E-state index is 0.324. The summed E-state index contributed by atoms with van der Waals surface area (Å²) in [5.74, 6) is -1.72. The van der Waals surface area contributed by atoms with Crippen LogP contribution in [-0.4, -0.2) is 28.9 Å². The van der Waals surface area contributed by atoms with Crippen molar-refractivity contribution in [3.8, 4) is 5.75 Å². The minimum Gasteiger partial charge on any atom is -0.427 e. The number of amides is 2. The van der Waals surface area contributed by atoms with E-state index in [0.717, 1.165) is 10.5 Å². The summed E-state index contributed by atoms with van der Waals surface area (Å²) in [7, 11) is 0. The van der Waals surface area contributed by atoms with Gasteiger partial charge in [-0.05, 0) is 66.2 Å². The maximum Gasteiger partial charge on any atom is 0.308 e. The molecule has 2 amide bonds. The molecule has 2 aliphatic rings. The lowest BCUT2D eigenvalue weighted by atomic mass is 9.91. The molecule has 0 spiro atoms. The van der Waals surface area contributed by atoms with E-state index in [0.29, 0.717) is 22.1 Å². The molecule has 0 N–H and O–H groups in total. The highest BCUT2D eigenvalue weighted by Gasteiger charge is 2.60. The maximum atomic E-state index is 13.6. The molecule has 3 aromatic rings. The number of aromatic nitrogens is 1. The molecule has 8 nitrogen and oxygen atoms in total. The summed E-state index contributed by atoms with van der Waals surface area (Å²) in [6.07, 6.45) is 2.28. The topological polar surface area (TPSA) is 89.0 Å². The molecule has 2 aliphatic heterocycles. The average molecular weight is 464 g/mol. The molecule has 0 bridgehead atoms. The van der Waals surface area contributed by atoms with E-state index >= 15 is 0 Å². The van der Waals surface area contributed by atoms with Crippen molar-refractivity contribution in [1.82, 2.24) is 4.98 Å². The Balaban J connectivity index is 1.51. The quantitative estimate of drug-likeness (QED) is 0.331. The number of halogens is 1. The second kappa shape index (κ2) is 8.31. The van der Waals surface area contributed by atoms with Gasteiger partial charge in [0, 0.05) is 24.3 Å². The Hall–Kier alpha value is -3.75. The van der Waals surface area contributed by atoms with E-state index < -0.39 is 29.9 Å². The summed E-state index contributed by atoms with van der Waals surface area (Å²) in [5, 5.41) is 2.16. The predicted octanol–water partition coefficient (Wildman–Crippen LogP) is 3.71. The van der Waals surface area contributed by atoms with Gasteiger partial charge in [0.15, 0.2) is 6.10 Å². The minimum atomic E-state index is -0.987. The number of pyridine rings is 1. The van der Waals surface area contributed by atoms with Crippen LogP contribution in [0.3, 0.4) is 0 Å². The Morgan fingerprint density at radius 3 is 2.21 bits per heavy atom. The van der Waals surface area contributed by atoms with Crippen molar-refractivity contribution in [3.05, 3.63) is 83.6 Å². The van der Waals surface area contributed by atoms with E-state index in [1.165, 1.54) is 19.1 Å². The smallest absolute Gasteiger partial charge is 0.308 e. The first-order valence-electron chi connectivity index (χ1n) is 10.2. The fourth-order valence-electron chi connectivity index (χ4n) is 4.21. The molecule has 0 aliphatic carbocycles. The first-order valence-corrected chi connectivity index (χ1v) is 10.6. The third-order valence-corrected chi connectivity index (χ3v) is 5.85. The second-order valence-electron chi connectivity index (χ2n) is 7.68. The maximum absolute atomic E-state index is 13.6. The van der Waals surface area contributed by atoms with Crippen LogP contribution in [-0.2, 0) is 19.2 Å². The lowest BCUT2D eigenvalue weighted by Crippen LogP contribution is -2.37. The number of hydrogen-bond acceptors (Lipinski definition) is 7. The van der Waals surface area contributed by atoms with Crippen LogP contribution in [0, 0.1) is 5.92 Å². The number of carbonyl (C=O) groups excluding carboxylic acids is 3. The number of fused-ring (bicyclic) bond motifs is 1. The third-order valence-electron chi connectivity index (χ3n) is 5.60. The van der Waals surface area contributed by atoms with Crippen molar-refractivity contribution in [2.24, 2.45) is 5.92 Å². The van der Waals surface area contributed by atoms with Gasteiger partial charge in [0.2, 0.25) is 5.91 Å². The molecule has 3 atom stereocenters. The molecule has 166 valence electrons. The molecule has 0 saturated carbocycles. The molecule has 2 aromatic carbocycles. The molecule has 1 aromatic heterocycles. The molecule has 9 heteroatoms. The lowest BCUT2D eigenvalue weighted by Gasteiger charge is -2.28. The molecular formula is C24H18ClN3O5. The van der Waals surface area contributed by atoms with Crippen LogP contribution >= 0.6 is 11.6 Å². The molecule has 0 radical (unpaired) electrons. The molecule has 2 saturated heterocycles. The number of esters is 1. The Labute approximate surface area is 194 Å². The van der Waals surface area contributed by atoms with Crippen LogP contribution in [0.15, 0.2) is 73.1 Å². The number of hydroxylamine groups is 1. The van der Waals surface area contributed by atoms with Crippen LogP contribution in [0.25, 0.3) is 0 Å². The number of rotatable bonds is 4. The fourth-order valence-corrected chi connectivity index (χ4v) is 4.34. The van der Waals surface area contributed by atoms with Crippen molar-refractivity contribution >= 4 is 40.8 Å². The van der Waals surface area contributed by atoms with Crippen molar-refractivity contribution in [1.29, 1.82) is 0 Å². The summed E-state index contributed by atoms with van der Waals surface area (Å²) in [4.78, 5) is 49.3. The number of ether oxygens (including phenoxy) is 1. The number of hydrogen-bond donors (Lipinski definition) is 0. The summed E-state index contributed by atoms with van der Waals surface area (Å²) < 4.78 is 5.03. The van der Waals surface area contributed by atoms with Gasteiger partial charge in [-0.3, -0.25) is 24.2 Å². The summed E-state index contributed by atoms with van der Waals surface area (Å²) in [5.41, 5.74) is 1.85. The van der Waals surface area contributed by atoms with Gasteiger partial charge in [-0.1, -0.05) is 11.6 Å². The zero-order chi connectivity index (χ0) is 23.1. The Morgan fingerprint density at radius 1 is 0.939 bits per heavy atom. The third kappa shape index (κ3) is 3.73. The zero-order valence-electron chi connectivity index (χ0n) is 17.4. The molecule has 5 rings (SSSR count). The van der Waals surface area contributed by atoms with Crippen LogP contribution in [0.4, 0.5) is 11.4 Å². The number of imide groups is 1. The van der Waals surface area contributed by atoms with Crippen LogP contribution in [0.5, 0.6) is 5.75 Å². The van der Waals surface area contributed by atoms with Crippen molar-refractivity contribution in [2.75, 3.05) is 9.96 Å². The molecule has 2 fully saturated rings. The van der Waals surface area contributed by atoms with Gasteiger partial charge < -0.3 is 4.74 Å². The van der Waals surface area contributed by atoms with Crippen LogP contribution in [0.1, 0.15) is 18.5 Å². The van der Waals surface area contributed by atoms with Crippen molar-refractivity contribution < 1.29 is 24.0 Å². The summed E-state index contributed by atoms with van der Waals surface area (Å²) >= 11 is 6.03. The van der Waals surface area contributed by atoms with Gasteiger partial charge in [0.1, 0.15) is 11.7 Å². The Morgan fingerprint density at radius 2 is 1.58 bits per heavy atom. The average Bonchev–Trinajstić information content (AvgIpc) is 3.31. The largest absolute Gasteiger partial charge is 0.427 e. The number of carbonyl (C=O) groups is 3. The fraction of sp³-hybridized carbons (Fsp3) is 0.167. The van der Waals surface area contributed by atoms with E-state index in [9.17, 15) is 14.4 Å². The standard InChI is InChI=1S/C24H18ClN3O5/c1-14(29)32-19-8-6-17(7-9-19)27-23(30)20-21(15-10-12-26-13-11-15)28(33-22(20)24(27)31)18-4-2-16(25)3-5-18/h2-13,20-22H,1H3/t20-,21+,22+/m0/s1. The highest BCUT2D eigenvalue weighted by Crippen LogP contribution is 2.47. The summed E-state index contributed by atoms with van der Waals surface area (Å²) in [6.45, 7) is 1.30. The van der Waals surface area contributed by atoms with Gasteiger partial charge in [0.05, 0.1) is 17.4 Å². The van der Waals surface area contributed by atoms with Crippen molar-refractivity contribution in [2.45, 2.75) is 19.1 Å². The van der Waals surface area contributed by atoms with Gasteiger partial charge >= 0.3 is 5.97 Å². The van der Waals surface area contributed by atoms with E-state index in [1.807, 2.05) is 0 Å².